The Morgan fingerprint density at radius 2 is 1.88 bits per heavy atom. The third-order valence-electron chi connectivity index (χ3n) is 2.09. The van der Waals surface area contributed by atoms with Crippen molar-refractivity contribution in [2.24, 2.45) is 0 Å². The van der Waals surface area contributed by atoms with Crippen LogP contribution in [0.2, 0.25) is 0 Å². The lowest BCUT2D eigenvalue weighted by Crippen LogP contribution is -2.36. The normalized spacial score (nSPS) is 12.4. The maximum Gasteiger partial charge on any atom is 0.217 e. The van der Waals surface area contributed by atoms with Crippen molar-refractivity contribution in [3.05, 3.63) is 42.0 Å². The van der Waals surface area contributed by atoms with E-state index in [0.717, 1.165) is 5.56 Å². The molecule has 3 heteroatoms. The number of hydrogen-bond acceptors (Lipinski definition) is 2. The van der Waals surface area contributed by atoms with Crippen LogP contribution in [0.5, 0.6) is 0 Å². The van der Waals surface area contributed by atoms with Gasteiger partial charge in [0.15, 0.2) is 5.78 Å². The number of ketones is 1. The van der Waals surface area contributed by atoms with Crippen molar-refractivity contribution in [1.82, 2.24) is 5.32 Å². The van der Waals surface area contributed by atoms with Crippen LogP contribution in [0.15, 0.2) is 36.4 Å². The van der Waals surface area contributed by atoms with Gasteiger partial charge in [-0.1, -0.05) is 36.4 Å². The molecule has 0 unspecified atom stereocenters. The minimum Gasteiger partial charge on any atom is -0.346 e. The fourth-order valence-corrected chi connectivity index (χ4v) is 1.26. The zero-order valence-corrected chi connectivity index (χ0v) is 9.44. The van der Waals surface area contributed by atoms with Gasteiger partial charge in [-0.25, -0.2) is 0 Å². The molecule has 1 aromatic carbocycles. The Kier molecular flexibility index (Phi) is 4.45. The van der Waals surface area contributed by atoms with Crippen LogP contribution in [-0.4, -0.2) is 17.7 Å². The average Bonchev–Trinajstić information content (AvgIpc) is 2.26. The molecular weight excluding hydrogens is 202 g/mol. The highest BCUT2D eigenvalue weighted by molar-refractivity contribution is 5.99. The molecule has 1 atom stereocenters. The molecule has 0 aliphatic rings. The van der Waals surface area contributed by atoms with E-state index >= 15 is 0 Å². The van der Waals surface area contributed by atoms with Gasteiger partial charge in [0.25, 0.3) is 0 Å². The van der Waals surface area contributed by atoms with Crippen LogP contribution in [0.4, 0.5) is 0 Å². The van der Waals surface area contributed by atoms with Crippen LogP contribution >= 0.6 is 0 Å². The third-order valence-corrected chi connectivity index (χ3v) is 2.09. The van der Waals surface area contributed by atoms with Crippen molar-refractivity contribution in [2.45, 2.75) is 19.9 Å². The Hall–Kier alpha value is -1.90. The highest BCUT2D eigenvalue weighted by atomic mass is 16.2. The van der Waals surface area contributed by atoms with E-state index in [1.165, 1.54) is 13.0 Å². The van der Waals surface area contributed by atoms with Gasteiger partial charge in [0, 0.05) is 6.92 Å². The van der Waals surface area contributed by atoms with E-state index < -0.39 is 6.04 Å². The fraction of sp³-hybridized carbons (Fsp3) is 0.231. The number of nitrogens with one attached hydrogen (secondary N) is 1. The molecule has 1 aromatic rings. The van der Waals surface area contributed by atoms with E-state index in [0.29, 0.717) is 0 Å². The Labute approximate surface area is 95.2 Å². The van der Waals surface area contributed by atoms with Crippen LogP contribution in [0.3, 0.4) is 0 Å². The third kappa shape index (κ3) is 4.09. The molecule has 0 aliphatic carbocycles. The summed E-state index contributed by atoms with van der Waals surface area (Å²) in [5.74, 6) is -0.312. The summed E-state index contributed by atoms with van der Waals surface area (Å²) in [6.07, 6.45) is 3.22. The van der Waals surface area contributed by atoms with E-state index in [-0.39, 0.29) is 11.7 Å². The first-order chi connectivity index (χ1) is 7.59. The van der Waals surface area contributed by atoms with Crippen LogP contribution in [-0.2, 0) is 9.59 Å². The Morgan fingerprint density at radius 3 is 2.44 bits per heavy atom. The summed E-state index contributed by atoms with van der Waals surface area (Å²) < 4.78 is 0. The lowest BCUT2D eigenvalue weighted by Gasteiger charge is -2.07. The molecule has 0 heterocycles. The van der Waals surface area contributed by atoms with E-state index in [1.807, 2.05) is 30.3 Å². The zero-order chi connectivity index (χ0) is 12.0. The molecule has 84 valence electrons. The lowest BCUT2D eigenvalue weighted by molar-refractivity contribution is -0.124. The quantitative estimate of drug-likeness (QED) is 0.781. The van der Waals surface area contributed by atoms with Gasteiger partial charge in [-0.3, -0.25) is 9.59 Å². The molecule has 0 spiro atoms. The summed E-state index contributed by atoms with van der Waals surface area (Å²) in [6, 6.07) is 9.07. The molecule has 0 radical (unpaired) electrons. The second-order valence-electron chi connectivity index (χ2n) is 3.57. The molecule has 1 amide bonds. The van der Waals surface area contributed by atoms with Gasteiger partial charge in [0.05, 0.1) is 6.04 Å². The van der Waals surface area contributed by atoms with Gasteiger partial charge in [-0.15, -0.1) is 0 Å². The number of carbonyl (C=O) groups is 2. The molecule has 3 nitrogen and oxygen atoms in total. The molecule has 16 heavy (non-hydrogen) atoms. The first kappa shape index (κ1) is 12.2. The molecule has 0 fully saturated rings. The predicted molar refractivity (Wildman–Crippen MR) is 63.8 cm³/mol. The van der Waals surface area contributed by atoms with Gasteiger partial charge < -0.3 is 5.32 Å². The van der Waals surface area contributed by atoms with E-state index in [1.54, 1.807) is 13.0 Å². The summed E-state index contributed by atoms with van der Waals surface area (Å²) in [7, 11) is 0. The van der Waals surface area contributed by atoms with Gasteiger partial charge in [-0.05, 0) is 18.6 Å². The van der Waals surface area contributed by atoms with Crippen molar-refractivity contribution in [3.8, 4) is 0 Å². The predicted octanol–water partition coefficient (Wildman–Crippen LogP) is 1.79. The molecule has 0 aliphatic heterocycles. The first-order valence-electron chi connectivity index (χ1n) is 5.13. The summed E-state index contributed by atoms with van der Waals surface area (Å²) in [6.45, 7) is 3.06. The lowest BCUT2D eigenvalue weighted by atomic mass is 10.1. The Morgan fingerprint density at radius 1 is 1.25 bits per heavy atom. The summed E-state index contributed by atoms with van der Waals surface area (Å²) in [5, 5.41) is 2.54. The van der Waals surface area contributed by atoms with Crippen LogP contribution in [0, 0.1) is 0 Å². The highest BCUT2D eigenvalue weighted by Crippen LogP contribution is 2.01. The maximum absolute atomic E-state index is 11.6. The zero-order valence-electron chi connectivity index (χ0n) is 9.44. The van der Waals surface area contributed by atoms with Gasteiger partial charge in [0.1, 0.15) is 0 Å². The SMILES string of the molecule is CC(=O)N[C@H](C)C(=O)/C=C/c1ccccc1. The maximum atomic E-state index is 11.6. The topological polar surface area (TPSA) is 46.2 Å². The number of amides is 1. The van der Waals surface area contributed by atoms with E-state index in [9.17, 15) is 9.59 Å². The molecule has 1 rings (SSSR count). The Bertz CT molecular complexity index is 396. The number of benzene rings is 1. The van der Waals surface area contributed by atoms with Gasteiger partial charge in [0.2, 0.25) is 5.91 Å². The summed E-state index contributed by atoms with van der Waals surface area (Å²) in [5.41, 5.74) is 0.964. The first-order valence-corrected chi connectivity index (χ1v) is 5.13. The van der Waals surface area contributed by atoms with Crippen molar-refractivity contribution >= 4 is 17.8 Å². The summed E-state index contributed by atoms with van der Waals surface area (Å²) in [4.78, 5) is 22.3. The fourth-order valence-electron chi connectivity index (χ4n) is 1.26. The standard InChI is InChI=1S/C13H15NO2/c1-10(14-11(2)15)13(16)9-8-12-6-4-3-5-7-12/h3-10H,1-2H3,(H,14,15)/b9-8+/t10-/m1/s1. The number of carbonyl (C=O) groups excluding carboxylic acids is 2. The van der Waals surface area contributed by atoms with Crippen molar-refractivity contribution in [3.63, 3.8) is 0 Å². The second kappa shape index (κ2) is 5.85. The Balaban J connectivity index is 2.57. The molecule has 0 aromatic heterocycles. The van der Waals surface area contributed by atoms with Crippen LogP contribution in [0.1, 0.15) is 19.4 Å². The second-order valence-corrected chi connectivity index (χ2v) is 3.57. The highest BCUT2D eigenvalue weighted by Gasteiger charge is 2.09. The van der Waals surface area contributed by atoms with E-state index in [2.05, 4.69) is 5.32 Å². The minimum absolute atomic E-state index is 0.112. The van der Waals surface area contributed by atoms with Gasteiger partial charge >= 0.3 is 0 Å². The molecular formula is C13H15NO2. The average molecular weight is 217 g/mol. The molecule has 0 saturated carbocycles. The van der Waals surface area contributed by atoms with Crippen molar-refractivity contribution in [1.29, 1.82) is 0 Å². The van der Waals surface area contributed by atoms with Crippen LogP contribution < -0.4 is 5.32 Å². The molecule has 1 N–H and O–H groups in total. The number of rotatable bonds is 4. The monoisotopic (exact) mass is 217 g/mol. The molecule has 0 bridgehead atoms. The largest absolute Gasteiger partial charge is 0.346 e. The minimum atomic E-state index is -0.475. The molecule has 0 saturated heterocycles. The van der Waals surface area contributed by atoms with Gasteiger partial charge in [-0.2, -0.15) is 0 Å². The van der Waals surface area contributed by atoms with Crippen LogP contribution in [0.25, 0.3) is 6.08 Å². The van der Waals surface area contributed by atoms with Crippen molar-refractivity contribution < 1.29 is 9.59 Å². The van der Waals surface area contributed by atoms with Crippen molar-refractivity contribution in [2.75, 3.05) is 0 Å². The smallest absolute Gasteiger partial charge is 0.217 e. The summed E-state index contributed by atoms with van der Waals surface area (Å²) >= 11 is 0. The number of hydrogen-bond donors (Lipinski definition) is 1. The van der Waals surface area contributed by atoms with E-state index in [4.69, 9.17) is 0 Å².